The topological polar surface area (TPSA) is 78.5 Å². The number of rotatable bonds is 10. The van der Waals surface area contributed by atoms with Crippen LogP contribution in [0.3, 0.4) is 0 Å². The van der Waals surface area contributed by atoms with Crippen molar-refractivity contribution in [2.24, 2.45) is 0 Å². The molecule has 1 atom stereocenters. The summed E-state index contributed by atoms with van der Waals surface area (Å²) in [5, 5.41) is 5.29. The summed E-state index contributed by atoms with van der Waals surface area (Å²) in [5.41, 5.74) is 4.52. The van der Waals surface area contributed by atoms with E-state index in [1.54, 1.807) is 47.4 Å². The van der Waals surface area contributed by atoms with Gasteiger partial charge >= 0.3 is 0 Å². The molecule has 5 aromatic rings. The first-order chi connectivity index (χ1) is 21.9. The number of hydrogen-bond acceptors (Lipinski definition) is 4. The Kier molecular flexibility index (Phi) is 10.2. The fraction of sp³-hybridized carbons (Fsp3) is 0.0789. The van der Waals surface area contributed by atoms with Gasteiger partial charge in [-0.15, -0.1) is 11.8 Å². The molecular weight excluding hydrogens is 579 g/mol. The summed E-state index contributed by atoms with van der Waals surface area (Å²) in [6.45, 7) is 3.83. The second-order valence-corrected chi connectivity index (χ2v) is 11.7. The van der Waals surface area contributed by atoms with Crippen molar-refractivity contribution < 1.29 is 14.4 Å². The first-order valence-electron chi connectivity index (χ1n) is 14.5. The molecule has 0 radical (unpaired) electrons. The summed E-state index contributed by atoms with van der Waals surface area (Å²) in [7, 11) is 0. The highest BCUT2D eigenvalue weighted by Crippen LogP contribution is 2.31. The van der Waals surface area contributed by atoms with Crippen LogP contribution >= 0.6 is 11.8 Å². The van der Waals surface area contributed by atoms with Crippen LogP contribution in [0.2, 0.25) is 0 Å². The lowest BCUT2D eigenvalue weighted by molar-refractivity contribution is -0.117. The molecule has 0 aliphatic carbocycles. The van der Waals surface area contributed by atoms with Crippen LogP contribution in [0.4, 0.5) is 17.1 Å². The molecule has 2 N–H and O–H groups in total. The molecule has 5 aromatic carbocycles. The molecule has 0 saturated heterocycles. The Balaban J connectivity index is 1.30. The molecule has 0 spiro atoms. The number of carbonyl (C=O) groups excluding carboxylic acids is 3. The van der Waals surface area contributed by atoms with Crippen molar-refractivity contribution in [3.05, 3.63) is 162 Å². The minimum Gasteiger partial charge on any atom is -0.321 e. The zero-order chi connectivity index (χ0) is 31.6. The van der Waals surface area contributed by atoms with Gasteiger partial charge < -0.3 is 10.6 Å². The van der Waals surface area contributed by atoms with E-state index in [9.17, 15) is 14.4 Å². The third-order valence-corrected chi connectivity index (χ3v) is 8.14. The van der Waals surface area contributed by atoms with Gasteiger partial charge in [-0.2, -0.15) is 0 Å². The molecule has 3 amide bonds. The molecule has 0 heterocycles. The number of para-hydroxylation sites is 2. The van der Waals surface area contributed by atoms with Crippen molar-refractivity contribution in [3.8, 4) is 0 Å². The molecule has 0 bridgehead atoms. The molecule has 6 nitrogen and oxygen atoms in total. The lowest BCUT2D eigenvalue weighted by atomic mass is 10.1. The first kappa shape index (κ1) is 31.0. The molecule has 224 valence electrons. The first-order valence-corrected chi connectivity index (χ1v) is 15.4. The summed E-state index contributed by atoms with van der Waals surface area (Å²) in [6, 6.07) is 42.9. The third kappa shape index (κ3) is 8.16. The lowest BCUT2D eigenvalue weighted by Gasteiger charge is -2.26. The number of amides is 3. The van der Waals surface area contributed by atoms with E-state index in [4.69, 9.17) is 0 Å². The zero-order valence-electron chi connectivity index (χ0n) is 25.0. The summed E-state index contributed by atoms with van der Waals surface area (Å²) in [5.74, 6) is -0.876. The van der Waals surface area contributed by atoms with Gasteiger partial charge in [-0.05, 0) is 91.7 Å². The number of carbonyl (C=O) groups is 3. The second kappa shape index (κ2) is 14.9. The fourth-order valence-electron chi connectivity index (χ4n) is 4.66. The fourth-order valence-corrected chi connectivity index (χ4v) is 5.56. The monoisotopic (exact) mass is 611 g/mol. The average Bonchev–Trinajstić information content (AvgIpc) is 3.07. The Bertz CT molecular complexity index is 1750. The lowest BCUT2D eigenvalue weighted by Crippen LogP contribution is -2.32. The SMILES string of the molecule is Cc1ccccc1/C=C(\NC(=O)c1ccccc1)C(=O)Nc1ccc(SC(C)C(=O)N(c2ccccc2)c2ccccc2)cc1. The van der Waals surface area contributed by atoms with E-state index in [-0.39, 0.29) is 22.8 Å². The molecule has 0 aliphatic rings. The molecule has 1 unspecified atom stereocenters. The highest BCUT2D eigenvalue weighted by Gasteiger charge is 2.24. The second-order valence-electron chi connectivity index (χ2n) is 10.3. The van der Waals surface area contributed by atoms with Gasteiger partial charge in [0.15, 0.2) is 0 Å². The predicted molar refractivity (Wildman–Crippen MR) is 183 cm³/mol. The van der Waals surface area contributed by atoms with Gasteiger partial charge in [0.1, 0.15) is 5.70 Å². The summed E-state index contributed by atoms with van der Waals surface area (Å²) in [4.78, 5) is 42.7. The maximum Gasteiger partial charge on any atom is 0.272 e. The van der Waals surface area contributed by atoms with Gasteiger partial charge in [-0.25, -0.2) is 0 Å². The minimum atomic E-state index is -0.451. The van der Waals surface area contributed by atoms with E-state index >= 15 is 0 Å². The van der Waals surface area contributed by atoms with Crippen molar-refractivity contribution in [2.75, 3.05) is 10.2 Å². The molecule has 0 aliphatic heterocycles. The molecule has 7 heteroatoms. The van der Waals surface area contributed by atoms with Crippen molar-refractivity contribution in [3.63, 3.8) is 0 Å². The minimum absolute atomic E-state index is 0.0464. The van der Waals surface area contributed by atoms with Gasteiger partial charge in [0.05, 0.1) is 5.25 Å². The average molecular weight is 612 g/mol. The van der Waals surface area contributed by atoms with Crippen LogP contribution in [-0.4, -0.2) is 23.0 Å². The molecular formula is C38H33N3O3S. The molecule has 0 saturated carbocycles. The van der Waals surface area contributed by atoms with E-state index in [0.29, 0.717) is 11.3 Å². The van der Waals surface area contributed by atoms with Crippen molar-refractivity contribution >= 4 is 52.6 Å². The Morgan fingerprint density at radius 3 is 1.80 bits per heavy atom. The van der Waals surface area contributed by atoms with Gasteiger partial charge in [0.2, 0.25) is 5.91 Å². The largest absolute Gasteiger partial charge is 0.321 e. The number of benzene rings is 5. The Hall–Kier alpha value is -5.40. The van der Waals surface area contributed by atoms with Crippen molar-refractivity contribution in [1.29, 1.82) is 0 Å². The zero-order valence-corrected chi connectivity index (χ0v) is 25.8. The highest BCUT2D eigenvalue weighted by atomic mass is 32.2. The maximum atomic E-state index is 13.7. The summed E-state index contributed by atoms with van der Waals surface area (Å²) < 4.78 is 0. The molecule has 0 fully saturated rings. The normalized spacial score (nSPS) is 11.7. The van der Waals surface area contributed by atoms with E-state index < -0.39 is 5.91 Å². The third-order valence-electron chi connectivity index (χ3n) is 7.04. The smallest absolute Gasteiger partial charge is 0.272 e. The number of hydrogen-bond donors (Lipinski definition) is 2. The Labute approximate surface area is 267 Å². The van der Waals surface area contributed by atoms with Gasteiger partial charge in [0.25, 0.3) is 11.8 Å². The number of anilines is 3. The van der Waals surface area contributed by atoms with Crippen LogP contribution in [0.5, 0.6) is 0 Å². The van der Waals surface area contributed by atoms with Crippen molar-refractivity contribution in [1.82, 2.24) is 5.32 Å². The van der Waals surface area contributed by atoms with Crippen LogP contribution in [0.1, 0.15) is 28.4 Å². The molecule has 5 rings (SSSR count). The van der Waals surface area contributed by atoms with E-state index in [2.05, 4.69) is 10.6 Å². The summed E-state index contributed by atoms with van der Waals surface area (Å²) >= 11 is 1.44. The van der Waals surface area contributed by atoms with Crippen LogP contribution in [0.25, 0.3) is 6.08 Å². The van der Waals surface area contributed by atoms with E-state index in [1.807, 2.05) is 117 Å². The standard InChI is InChI=1S/C38H33N3O3S/c1-27-14-12-13-17-30(27)26-35(40-36(42)29-15-6-3-7-16-29)37(43)39-31-22-24-34(25-23-31)45-28(2)38(44)41(32-18-8-4-9-19-32)33-20-10-5-11-21-33/h3-26,28H,1-2H3,(H,39,43)(H,40,42)/b35-26-. The quantitative estimate of drug-likeness (QED) is 0.123. The molecule has 45 heavy (non-hydrogen) atoms. The Morgan fingerprint density at radius 1 is 0.689 bits per heavy atom. The van der Waals surface area contributed by atoms with Crippen LogP contribution in [0.15, 0.2) is 150 Å². The van der Waals surface area contributed by atoms with Crippen LogP contribution in [-0.2, 0) is 9.59 Å². The number of aryl methyl sites for hydroxylation is 1. The number of thioether (sulfide) groups is 1. The van der Waals surface area contributed by atoms with Crippen molar-refractivity contribution in [2.45, 2.75) is 24.0 Å². The van der Waals surface area contributed by atoms with E-state index in [1.165, 1.54) is 11.8 Å². The number of nitrogens with one attached hydrogen (secondary N) is 2. The van der Waals surface area contributed by atoms with Gasteiger partial charge in [-0.1, -0.05) is 78.9 Å². The van der Waals surface area contributed by atoms with Crippen LogP contribution < -0.4 is 15.5 Å². The maximum absolute atomic E-state index is 13.7. The predicted octanol–water partition coefficient (Wildman–Crippen LogP) is 8.25. The highest BCUT2D eigenvalue weighted by molar-refractivity contribution is 8.00. The number of nitrogens with zero attached hydrogens (tertiary/aromatic N) is 1. The Morgan fingerprint density at radius 2 is 1.22 bits per heavy atom. The van der Waals surface area contributed by atoms with Crippen LogP contribution in [0, 0.1) is 6.92 Å². The van der Waals surface area contributed by atoms with E-state index in [0.717, 1.165) is 27.4 Å². The summed E-state index contributed by atoms with van der Waals surface area (Å²) in [6.07, 6.45) is 1.67. The van der Waals surface area contributed by atoms with Gasteiger partial charge in [-0.3, -0.25) is 19.3 Å². The molecule has 0 aromatic heterocycles. The van der Waals surface area contributed by atoms with Gasteiger partial charge in [0, 0.05) is 27.5 Å².